The molecule has 14 heavy (non-hydrogen) atoms. The van der Waals surface area contributed by atoms with Crippen LogP contribution in [-0.4, -0.2) is 37.0 Å². The third-order valence-corrected chi connectivity index (χ3v) is 2.14. The first-order valence-electron chi connectivity index (χ1n) is 5.49. The van der Waals surface area contributed by atoms with Crippen molar-refractivity contribution in [3.05, 3.63) is 0 Å². The lowest BCUT2D eigenvalue weighted by atomic mass is 10.0. The molecular weight excluding hydrogens is 178 g/mol. The Morgan fingerprint density at radius 3 is 2.57 bits per heavy atom. The van der Waals surface area contributed by atoms with Crippen molar-refractivity contribution in [2.45, 2.75) is 39.7 Å². The maximum absolute atomic E-state index is 9.66. The maximum atomic E-state index is 9.66. The molecule has 0 saturated carbocycles. The summed E-state index contributed by atoms with van der Waals surface area (Å²) < 4.78 is 5.40. The van der Waals surface area contributed by atoms with Crippen molar-refractivity contribution in [3.63, 3.8) is 0 Å². The summed E-state index contributed by atoms with van der Waals surface area (Å²) in [4.78, 5) is 0. The van der Waals surface area contributed by atoms with E-state index in [-0.39, 0.29) is 0 Å². The minimum Gasteiger partial charge on any atom is -0.389 e. The molecule has 0 fully saturated rings. The first-order valence-corrected chi connectivity index (χ1v) is 5.49. The molecule has 3 nitrogen and oxygen atoms in total. The van der Waals surface area contributed by atoms with Gasteiger partial charge in [-0.3, -0.25) is 0 Å². The Hall–Kier alpha value is -0.120. The highest BCUT2D eigenvalue weighted by atomic mass is 16.5. The van der Waals surface area contributed by atoms with Crippen LogP contribution in [0.1, 0.15) is 34.1 Å². The molecule has 86 valence electrons. The molecule has 0 aromatic carbocycles. The molecule has 3 heteroatoms. The van der Waals surface area contributed by atoms with Crippen molar-refractivity contribution in [2.24, 2.45) is 5.92 Å². The lowest BCUT2D eigenvalue weighted by Crippen LogP contribution is -2.38. The van der Waals surface area contributed by atoms with Crippen molar-refractivity contribution < 1.29 is 9.84 Å². The Morgan fingerprint density at radius 1 is 1.43 bits per heavy atom. The molecule has 1 atom stereocenters. The molecule has 0 bridgehead atoms. The monoisotopic (exact) mass is 203 g/mol. The second kappa shape index (κ2) is 7.21. The van der Waals surface area contributed by atoms with Crippen LogP contribution in [0.5, 0.6) is 0 Å². The largest absolute Gasteiger partial charge is 0.389 e. The average molecular weight is 203 g/mol. The van der Waals surface area contributed by atoms with E-state index in [0.717, 1.165) is 26.2 Å². The van der Waals surface area contributed by atoms with Crippen molar-refractivity contribution >= 4 is 0 Å². The lowest BCUT2D eigenvalue weighted by Gasteiger charge is -2.21. The fraction of sp³-hybridized carbons (Fsp3) is 1.00. The number of rotatable bonds is 8. The summed E-state index contributed by atoms with van der Waals surface area (Å²) in [5.74, 6) is 0.591. The minimum atomic E-state index is -0.585. The third kappa shape index (κ3) is 8.48. The van der Waals surface area contributed by atoms with E-state index in [4.69, 9.17) is 4.74 Å². The number of ether oxygens (including phenoxy) is 1. The second-order valence-corrected chi connectivity index (χ2v) is 4.50. The maximum Gasteiger partial charge on any atom is 0.0741 e. The Kier molecular flexibility index (Phi) is 7.15. The Bertz CT molecular complexity index is 135. The summed E-state index contributed by atoms with van der Waals surface area (Å²) >= 11 is 0. The Labute approximate surface area is 87.8 Å². The average Bonchev–Trinajstić information content (AvgIpc) is 2.10. The molecule has 0 aromatic heterocycles. The van der Waals surface area contributed by atoms with Crippen LogP contribution in [0, 0.1) is 5.92 Å². The molecule has 1 unspecified atom stereocenters. The highest BCUT2D eigenvalue weighted by Crippen LogP contribution is 2.05. The predicted octanol–water partition coefficient (Wildman–Crippen LogP) is 1.41. The van der Waals surface area contributed by atoms with Gasteiger partial charge in [0.1, 0.15) is 0 Å². The van der Waals surface area contributed by atoms with Crippen molar-refractivity contribution in [1.29, 1.82) is 0 Å². The van der Waals surface area contributed by atoms with E-state index in [2.05, 4.69) is 19.2 Å². The van der Waals surface area contributed by atoms with Gasteiger partial charge in [-0.25, -0.2) is 0 Å². The minimum absolute atomic E-state index is 0.585. The molecule has 0 aliphatic carbocycles. The van der Waals surface area contributed by atoms with Crippen LogP contribution in [0.15, 0.2) is 0 Å². The molecule has 0 rings (SSSR count). The second-order valence-electron chi connectivity index (χ2n) is 4.50. The molecule has 0 amide bonds. The molecule has 0 heterocycles. The van der Waals surface area contributed by atoms with E-state index in [1.807, 2.05) is 13.8 Å². The van der Waals surface area contributed by atoms with Gasteiger partial charge in [0.25, 0.3) is 0 Å². The van der Waals surface area contributed by atoms with E-state index in [1.165, 1.54) is 0 Å². The molecule has 0 aliphatic heterocycles. The fourth-order valence-corrected chi connectivity index (χ4v) is 0.946. The topological polar surface area (TPSA) is 41.5 Å². The first-order chi connectivity index (χ1) is 6.48. The Balaban J connectivity index is 3.21. The van der Waals surface area contributed by atoms with Gasteiger partial charge in [-0.2, -0.15) is 0 Å². The van der Waals surface area contributed by atoms with Gasteiger partial charge in [0.05, 0.1) is 12.2 Å². The van der Waals surface area contributed by atoms with Gasteiger partial charge in [0.15, 0.2) is 0 Å². The highest BCUT2D eigenvalue weighted by molar-refractivity contribution is 4.72. The summed E-state index contributed by atoms with van der Waals surface area (Å²) in [5.41, 5.74) is -0.585. The van der Waals surface area contributed by atoms with Gasteiger partial charge in [0, 0.05) is 19.7 Å². The van der Waals surface area contributed by atoms with Crippen LogP contribution in [0.4, 0.5) is 0 Å². The quantitative estimate of drug-likeness (QED) is 0.586. The van der Waals surface area contributed by atoms with Gasteiger partial charge < -0.3 is 15.2 Å². The van der Waals surface area contributed by atoms with E-state index in [0.29, 0.717) is 12.5 Å². The van der Waals surface area contributed by atoms with Crippen LogP contribution in [0.3, 0.4) is 0 Å². The van der Waals surface area contributed by atoms with Crippen LogP contribution < -0.4 is 5.32 Å². The zero-order chi connectivity index (χ0) is 11.0. The highest BCUT2D eigenvalue weighted by Gasteiger charge is 2.15. The van der Waals surface area contributed by atoms with Crippen LogP contribution in [0.2, 0.25) is 0 Å². The van der Waals surface area contributed by atoms with Crippen LogP contribution >= 0.6 is 0 Å². The van der Waals surface area contributed by atoms with E-state index >= 15 is 0 Å². The van der Waals surface area contributed by atoms with Crippen molar-refractivity contribution in [1.82, 2.24) is 5.32 Å². The third-order valence-electron chi connectivity index (χ3n) is 2.14. The van der Waals surface area contributed by atoms with E-state index < -0.39 is 5.60 Å². The molecule has 2 N–H and O–H groups in total. The summed E-state index contributed by atoms with van der Waals surface area (Å²) in [6.45, 7) is 11.1. The van der Waals surface area contributed by atoms with Crippen LogP contribution in [-0.2, 0) is 4.74 Å². The number of hydrogen-bond donors (Lipinski definition) is 2. The molecular formula is C11H25NO2. The Morgan fingerprint density at radius 2 is 2.07 bits per heavy atom. The first kappa shape index (κ1) is 13.9. The smallest absolute Gasteiger partial charge is 0.0741 e. The summed E-state index contributed by atoms with van der Waals surface area (Å²) in [6.07, 6.45) is 0.771. The molecule has 0 radical (unpaired) electrons. The van der Waals surface area contributed by atoms with Crippen molar-refractivity contribution in [2.75, 3.05) is 26.3 Å². The molecule has 0 spiro atoms. The normalized spacial score (nSPS) is 15.9. The zero-order valence-electron chi connectivity index (χ0n) is 9.97. The lowest BCUT2D eigenvalue weighted by molar-refractivity contribution is 0.0512. The SMILES string of the molecule is CCC(C)(O)CNCCOCC(C)C. The van der Waals surface area contributed by atoms with E-state index in [1.54, 1.807) is 0 Å². The molecule has 0 saturated heterocycles. The fourth-order valence-electron chi connectivity index (χ4n) is 0.946. The number of hydrogen-bond acceptors (Lipinski definition) is 3. The summed E-state index contributed by atoms with van der Waals surface area (Å²) in [7, 11) is 0. The van der Waals surface area contributed by atoms with Crippen LogP contribution in [0.25, 0.3) is 0 Å². The van der Waals surface area contributed by atoms with Crippen molar-refractivity contribution in [3.8, 4) is 0 Å². The van der Waals surface area contributed by atoms with E-state index in [9.17, 15) is 5.11 Å². The molecule has 0 aliphatic rings. The summed E-state index contributed by atoms with van der Waals surface area (Å²) in [5, 5.41) is 12.8. The van der Waals surface area contributed by atoms with Gasteiger partial charge in [0.2, 0.25) is 0 Å². The number of nitrogens with one attached hydrogen (secondary N) is 1. The molecule has 0 aromatic rings. The van der Waals surface area contributed by atoms with Gasteiger partial charge in [-0.15, -0.1) is 0 Å². The van der Waals surface area contributed by atoms with Gasteiger partial charge in [-0.05, 0) is 19.3 Å². The number of aliphatic hydroxyl groups is 1. The van der Waals surface area contributed by atoms with Gasteiger partial charge in [-0.1, -0.05) is 20.8 Å². The zero-order valence-corrected chi connectivity index (χ0v) is 9.97. The van der Waals surface area contributed by atoms with Gasteiger partial charge >= 0.3 is 0 Å². The predicted molar refractivity (Wildman–Crippen MR) is 59.4 cm³/mol. The standard InChI is InChI=1S/C11H25NO2/c1-5-11(4,13)9-12-6-7-14-8-10(2)3/h10,12-13H,5-9H2,1-4H3. The summed E-state index contributed by atoms with van der Waals surface area (Å²) in [6, 6.07) is 0.